The van der Waals surface area contributed by atoms with Crippen molar-refractivity contribution < 1.29 is 13.2 Å². The first-order chi connectivity index (χ1) is 17.8. The summed E-state index contributed by atoms with van der Waals surface area (Å²) in [4.78, 5) is 21.7. The number of pyridine rings is 1. The van der Waals surface area contributed by atoms with Crippen molar-refractivity contribution in [2.75, 3.05) is 30.9 Å². The lowest BCUT2D eigenvalue weighted by molar-refractivity contribution is 0.0628. The molecule has 8 heteroatoms. The van der Waals surface area contributed by atoms with Crippen LogP contribution in [0.4, 0.5) is 5.69 Å². The van der Waals surface area contributed by atoms with Gasteiger partial charge in [-0.25, -0.2) is 8.42 Å². The monoisotopic (exact) mass is 514 g/mol. The predicted molar refractivity (Wildman–Crippen MR) is 146 cm³/mol. The number of aryl methyl sites for hydroxylation is 2. The summed E-state index contributed by atoms with van der Waals surface area (Å²) in [5, 5.41) is 0.750. The Bertz CT molecular complexity index is 1540. The SMILES string of the molecule is Cc1ccc(C)c(CN2CCN(C(=O)c3ccc(NS(=O)(=O)c4cccc5cccnc45)cc3)CC2)c1. The zero-order valence-electron chi connectivity index (χ0n) is 21.0. The van der Waals surface area contributed by atoms with Gasteiger partial charge in [-0.15, -0.1) is 0 Å². The van der Waals surface area contributed by atoms with Crippen LogP contribution in [0.2, 0.25) is 0 Å². The van der Waals surface area contributed by atoms with Gasteiger partial charge in [0.2, 0.25) is 0 Å². The molecule has 1 N–H and O–H groups in total. The summed E-state index contributed by atoms with van der Waals surface area (Å²) in [6, 6.07) is 21.8. The Balaban J connectivity index is 1.21. The zero-order valence-corrected chi connectivity index (χ0v) is 21.8. The van der Waals surface area contributed by atoms with Crippen molar-refractivity contribution in [3.63, 3.8) is 0 Å². The molecule has 0 radical (unpaired) electrons. The fourth-order valence-corrected chi connectivity index (χ4v) is 5.93. The molecule has 37 heavy (non-hydrogen) atoms. The van der Waals surface area contributed by atoms with Crippen LogP contribution in [-0.2, 0) is 16.6 Å². The Kier molecular flexibility index (Phi) is 6.95. The Morgan fingerprint density at radius 3 is 2.41 bits per heavy atom. The van der Waals surface area contributed by atoms with E-state index < -0.39 is 10.0 Å². The van der Waals surface area contributed by atoms with E-state index in [1.807, 2.05) is 17.0 Å². The van der Waals surface area contributed by atoms with Gasteiger partial charge < -0.3 is 4.90 Å². The Hall–Kier alpha value is -3.75. The lowest BCUT2D eigenvalue weighted by Crippen LogP contribution is -2.48. The number of para-hydroxylation sites is 1. The van der Waals surface area contributed by atoms with E-state index in [4.69, 9.17) is 0 Å². The molecule has 1 fully saturated rings. The molecule has 3 aromatic carbocycles. The van der Waals surface area contributed by atoms with Crippen molar-refractivity contribution in [3.05, 3.63) is 101 Å². The Morgan fingerprint density at radius 2 is 1.65 bits per heavy atom. The van der Waals surface area contributed by atoms with Crippen molar-refractivity contribution in [2.24, 2.45) is 0 Å². The lowest BCUT2D eigenvalue weighted by Gasteiger charge is -2.35. The molecule has 1 aromatic heterocycles. The van der Waals surface area contributed by atoms with Crippen LogP contribution in [0.1, 0.15) is 27.0 Å². The van der Waals surface area contributed by atoms with Crippen LogP contribution < -0.4 is 4.72 Å². The molecule has 1 aliphatic heterocycles. The molecule has 190 valence electrons. The summed E-state index contributed by atoms with van der Waals surface area (Å²) in [6.07, 6.45) is 1.57. The largest absolute Gasteiger partial charge is 0.336 e. The van der Waals surface area contributed by atoms with E-state index in [1.165, 1.54) is 22.8 Å². The fourth-order valence-electron chi connectivity index (χ4n) is 4.69. The van der Waals surface area contributed by atoms with Crippen LogP contribution >= 0.6 is 0 Å². The van der Waals surface area contributed by atoms with Crippen LogP contribution in [0, 0.1) is 13.8 Å². The minimum Gasteiger partial charge on any atom is -0.336 e. The molecular weight excluding hydrogens is 484 g/mol. The molecule has 0 bridgehead atoms. The van der Waals surface area contributed by atoms with Crippen LogP contribution in [-0.4, -0.2) is 55.3 Å². The third-order valence-corrected chi connectivity index (χ3v) is 8.24. The summed E-state index contributed by atoms with van der Waals surface area (Å²) in [5.74, 6) is -0.0425. The minimum atomic E-state index is -3.84. The first-order valence-electron chi connectivity index (χ1n) is 12.3. The predicted octanol–water partition coefficient (Wildman–Crippen LogP) is 4.61. The molecule has 7 nitrogen and oxygen atoms in total. The molecule has 5 rings (SSSR count). The average molecular weight is 515 g/mol. The molecule has 0 spiro atoms. The molecule has 2 heterocycles. The van der Waals surface area contributed by atoms with E-state index in [9.17, 15) is 13.2 Å². The number of rotatable bonds is 6. The average Bonchev–Trinajstić information content (AvgIpc) is 2.91. The second kappa shape index (κ2) is 10.3. The highest BCUT2D eigenvalue weighted by Crippen LogP contribution is 2.24. The first kappa shape index (κ1) is 24.9. The number of fused-ring (bicyclic) bond motifs is 1. The van der Waals surface area contributed by atoms with E-state index >= 15 is 0 Å². The van der Waals surface area contributed by atoms with E-state index in [1.54, 1.807) is 42.6 Å². The first-order valence-corrected chi connectivity index (χ1v) is 13.8. The molecule has 1 saturated heterocycles. The number of hydrogen-bond acceptors (Lipinski definition) is 5. The third kappa shape index (κ3) is 5.50. The molecule has 0 saturated carbocycles. The maximum atomic E-state index is 13.1. The molecule has 0 unspecified atom stereocenters. The number of hydrogen-bond donors (Lipinski definition) is 1. The van der Waals surface area contributed by atoms with Gasteiger partial charge in [-0.1, -0.05) is 42.0 Å². The lowest BCUT2D eigenvalue weighted by atomic mass is 10.0. The summed E-state index contributed by atoms with van der Waals surface area (Å²) in [5.41, 5.74) is 5.23. The molecule has 0 aliphatic carbocycles. The van der Waals surface area contributed by atoms with Gasteiger partial charge in [-0.2, -0.15) is 0 Å². The topological polar surface area (TPSA) is 82.6 Å². The number of anilines is 1. The van der Waals surface area contributed by atoms with Crippen LogP contribution in [0.3, 0.4) is 0 Å². The molecule has 1 aliphatic rings. The summed E-state index contributed by atoms with van der Waals surface area (Å²) < 4.78 is 28.7. The van der Waals surface area contributed by atoms with Gasteiger partial charge in [0.25, 0.3) is 15.9 Å². The zero-order chi connectivity index (χ0) is 26.0. The fraction of sp³-hybridized carbons (Fsp3) is 0.241. The van der Waals surface area contributed by atoms with E-state index in [-0.39, 0.29) is 10.8 Å². The van der Waals surface area contributed by atoms with Gasteiger partial charge in [-0.05, 0) is 61.4 Å². The van der Waals surface area contributed by atoms with E-state index in [2.05, 4.69) is 46.7 Å². The number of nitrogens with one attached hydrogen (secondary N) is 1. The second-order valence-corrected chi connectivity index (χ2v) is 11.2. The van der Waals surface area contributed by atoms with Crippen LogP contribution in [0.25, 0.3) is 10.9 Å². The van der Waals surface area contributed by atoms with Crippen molar-refractivity contribution >= 4 is 32.5 Å². The summed E-state index contributed by atoms with van der Waals surface area (Å²) in [7, 11) is -3.84. The number of piperazine rings is 1. The second-order valence-electron chi connectivity index (χ2n) is 9.51. The van der Waals surface area contributed by atoms with Crippen LogP contribution in [0.15, 0.2) is 83.9 Å². The summed E-state index contributed by atoms with van der Waals surface area (Å²) in [6.45, 7) is 8.08. The number of amides is 1. The van der Waals surface area contributed by atoms with Gasteiger partial charge in [0, 0.05) is 55.6 Å². The Labute approximate surface area is 217 Å². The highest BCUT2D eigenvalue weighted by Gasteiger charge is 2.23. The Morgan fingerprint density at radius 1 is 0.919 bits per heavy atom. The van der Waals surface area contributed by atoms with E-state index in [0.717, 1.165) is 25.0 Å². The number of nitrogens with zero attached hydrogens (tertiary/aromatic N) is 3. The van der Waals surface area contributed by atoms with Gasteiger partial charge in [-0.3, -0.25) is 19.4 Å². The van der Waals surface area contributed by atoms with Crippen LogP contribution in [0.5, 0.6) is 0 Å². The summed E-state index contributed by atoms with van der Waals surface area (Å²) >= 11 is 0. The minimum absolute atomic E-state index is 0.0425. The molecule has 1 amide bonds. The highest BCUT2D eigenvalue weighted by atomic mass is 32.2. The maximum Gasteiger partial charge on any atom is 0.264 e. The molecular formula is C29H30N4O3S. The number of benzene rings is 3. The van der Waals surface area contributed by atoms with Gasteiger partial charge in [0.05, 0.1) is 5.52 Å². The molecule has 4 aromatic rings. The number of aromatic nitrogens is 1. The third-order valence-electron chi connectivity index (χ3n) is 6.83. The smallest absolute Gasteiger partial charge is 0.264 e. The highest BCUT2D eigenvalue weighted by molar-refractivity contribution is 7.93. The number of carbonyl (C=O) groups excluding carboxylic acids is 1. The van der Waals surface area contributed by atoms with Crippen molar-refractivity contribution in [1.82, 2.24) is 14.8 Å². The van der Waals surface area contributed by atoms with Crippen molar-refractivity contribution in [2.45, 2.75) is 25.3 Å². The maximum absolute atomic E-state index is 13.1. The standard InChI is InChI=1S/C29H30N4O3S/c1-21-8-9-22(2)25(19-21)20-32-15-17-33(18-16-32)29(34)24-10-12-26(13-11-24)31-37(35,36)27-7-3-5-23-6-4-14-30-28(23)27/h3-14,19,31H,15-18,20H2,1-2H3. The number of carbonyl (C=O) groups is 1. The van der Waals surface area contributed by atoms with E-state index in [0.29, 0.717) is 29.9 Å². The van der Waals surface area contributed by atoms with Crippen molar-refractivity contribution in [1.29, 1.82) is 0 Å². The molecule has 0 atom stereocenters. The quantitative estimate of drug-likeness (QED) is 0.406. The van der Waals surface area contributed by atoms with Gasteiger partial charge >= 0.3 is 0 Å². The van der Waals surface area contributed by atoms with Gasteiger partial charge in [0.1, 0.15) is 4.90 Å². The normalized spacial score (nSPS) is 14.6. The van der Waals surface area contributed by atoms with Crippen molar-refractivity contribution in [3.8, 4) is 0 Å². The number of sulfonamides is 1. The van der Waals surface area contributed by atoms with Gasteiger partial charge in [0.15, 0.2) is 0 Å².